The number of morpholine rings is 1. The molecule has 14 heteroatoms. The Balaban J connectivity index is 1.66. The Kier molecular flexibility index (Phi) is 10.1. The van der Waals surface area contributed by atoms with E-state index in [-0.39, 0.29) is 25.3 Å². The lowest BCUT2D eigenvalue weighted by atomic mass is 10.1. The third kappa shape index (κ3) is 7.31. The minimum Gasteiger partial charge on any atom is -0.468 e. The van der Waals surface area contributed by atoms with E-state index in [0.29, 0.717) is 16.9 Å². The molecule has 0 bridgehead atoms. The predicted octanol–water partition coefficient (Wildman–Crippen LogP) is 0.324. The van der Waals surface area contributed by atoms with Crippen molar-refractivity contribution in [3.8, 4) is 0 Å². The molecule has 0 spiro atoms. The number of anilines is 2. The van der Waals surface area contributed by atoms with E-state index in [1.807, 2.05) is 0 Å². The van der Waals surface area contributed by atoms with E-state index in [1.165, 1.54) is 36.1 Å². The molecule has 1 fully saturated rings. The zero-order valence-electron chi connectivity index (χ0n) is 22.2. The molecule has 2 aromatic carbocycles. The summed E-state index contributed by atoms with van der Waals surface area (Å²) in [7, 11) is 2.66. The number of carbonyl (C=O) groups excluding carboxylic acids is 5. The first-order valence-electron chi connectivity index (χ1n) is 12.2. The van der Waals surface area contributed by atoms with Gasteiger partial charge in [0.1, 0.15) is 6.54 Å². The molecule has 2 aromatic rings. The van der Waals surface area contributed by atoms with Crippen LogP contribution < -0.4 is 21.4 Å². The number of amides is 4. The molecule has 214 valence electrons. The van der Waals surface area contributed by atoms with Crippen molar-refractivity contribution in [1.29, 1.82) is 0 Å². The number of carbonyl (C=O) groups is 5. The molecule has 3 atom stereocenters. The van der Waals surface area contributed by atoms with Gasteiger partial charge in [-0.15, -0.1) is 0 Å². The fraction of sp³-hybridized carbons (Fsp3) is 0.346. The second-order valence-electron chi connectivity index (χ2n) is 8.90. The second kappa shape index (κ2) is 13.5. The number of hydrogen-bond donors (Lipinski definition) is 4. The monoisotopic (exact) mass is 557 g/mol. The van der Waals surface area contributed by atoms with Crippen molar-refractivity contribution in [2.24, 2.45) is 5.90 Å². The number of methoxy groups -OCH3 is 1. The molecule has 1 heterocycles. The average Bonchev–Trinajstić information content (AvgIpc) is 2.96. The van der Waals surface area contributed by atoms with Gasteiger partial charge in [0.05, 0.1) is 19.8 Å². The summed E-state index contributed by atoms with van der Waals surface area (Å²) in [4.78, 5) is 68.1. The molecular weight excluding hydrogens is 526 g/mol. The fourth-order valence-electron chi connectivity index (χ4n) is 3.95. The number of aliphatic hydroxyl groups is 1. The number of ether oxygens (including phenoxy) is 2. The van der Waals surface area contributed by atoms with Crippen LogP contribution >= 0.6 is 0 Å². The van der Waals surface area contributed by atoms with Gasteiger partial charge >= 0.3 is 12.1 Å². The van der Waals surface area contributed by atoms with Crippen molar-refractivity contribution in [3.63, 3.8) is 0 Å². The van der Waals surface area contributed by atoms with Gasteiger partial charge in [0.2, 0.25) is 0 Å². The van der Waals surface area contributed by atoms with Crippen LogP contribution in [0.3, 0.4) is 0 Å². The van der Waals surface area contributed by atoms with Gasteiger partial charge in [-0.2, -0.15) is 5.90 Å². The third-order valence-electron chi connectivity index (χ3n) is 6.14. The SMILES string of the molecule is COC(=O)CN(C)C(=O)c1cccc(N2CCOC(C(O)C(=O)Nc3ccc(C(C)NC(=O)ON)cc3)C2=O)c1. The average molecular weight is 558 g/mol. The van der Waals surface area contributed by atoms with E-state index in [4.69, 9.17) is 10.6 Å². The molecule has 1 saturated heterocycles. The highest BCUT2D eigenvalue weighted by atomic mass is 16.7. The maximum Gasteiger partial charge on any atom is 0.426 e. The zero-order chi connectivity index (χ0) is 29.4. The van der Waals surface area contributed by atoms with E-state index in [2.05, 4.69) is 20.2 Å². The van der Waals surface area contributed by atoms with Crippen molar-refractivity contribution in [2.75, 3.05) is 44.1 Å². The topological polar surface area (TPSA) is 190 Å². The van der Waals surface area contributed by atoms with Gasteiger partial charge in [0, 0.05) is 30.5 Å². The number of rotatable bonds is 9. The highest BCUT2D eigenvalue weighted by Crippen LogP contribution is 2.23. The number of likely N-dealkylation sites (N-methyl/N-ethyl adjacent to an activating group) is 1. The van der Waals surface area contributed by atoms with Crippen LogP contribution in [-0.4, -0.2) is 85.9 Å². The molecule has 3 rings (SSSR count). The highest BCUT2D eigenvalue weighted by Gasteiger charge is 2.39. The van der Waals surface area contributed by atoms with Gasteiger partial charge in [-0.05, 0) is 42.8 Å². The second-order valence-corrected chi connectivity index (χ2v) is 8.90. The summed E-state index contributed by atoms with van der Waals surface area (Å²) in [5.41, 5.74) is 1.62. The number of benzene rings is 2. The molecule has 4 amide bonds. The summed E-state index contributed by atoms with van der Waals surface area (Å²) >= 11 is 0. The quantitative estimate of drug-likeness (QED) is 0.247. The fourth-order valence-corrected chi connectivity index (χ4v) is 3.95. The standard InChI is InChI=1S/C26H31N5O9/c1-15(28-26(37)40-27)16-7-9-18(10-8-16)29-23(34)21(33)22-25(36)31(11-12-39-22)19-6-4-5-17(13-19)24(35)30(2)14-20(32)38-3/h4-10,13,15,21-22,33H,11-12,14,27H2,1-3H3,(H,28,37)(H,29,34). The Hall–Kier alpha value is -4.53. The van der Waals surface area contributed by atoms with Crippen molar-refractivity contribution < 1.29 is 43.4 Å². The Morgan fingerprint density at radius 2 is 1.90 bits per heavy atom. The van der Waals surface area contributed by atoms with Crippen molar-refractivity contribution in [2.45, 2.75) is 25.2 Å². The Morgan fingerprint density at radius 3 is 2.55 bits per heavy atom. The van der Waals surface area contributed by atoms with Crippen LogP contribution in [0.5, 0.6) is 0 Å². The van der Waals surface area contributed by atoms with E-state index in [1.54, 1.807) is 43.3 Å². The predicted molar refractivity (Wildman–Crippen MR) is 141 cm³/mol. The number of esters is 1. The maximum absolute atomic E-state index is 13.2. The number of nitrogens with two attached hydrogens (primary N) is 1. The minimum absolute atomic E-state index is 0.0337. The van der Waals surface area contributed by atoms with Crippen LogP contribution in [0.25, 0.3) is 0 Å². The third-order valence-corrected chi connectivity index (χ3v) is 6.14. The first-order chi connectivity index (χ1) is 19.0. The lowest BCUT2D eigenvalue weighted by Gasteiger charge is -2.34. The van der Waals surface area contributed by atoms with Crippen LogP contribution in [0.2, 0.25) is 0 Å². The Labute approximate surface area is 229 Å². The molecule has 0 saturated carbocycles. The van der Waals surface area contributed by atoms with Crippen molar-refractivity contribution >= 4 is 41.2 Å². The number of hydrogen-bond acceptors (Lipinski definition) is 10. The van der Waals surface area contributed by atoms with Crippen LogP contribution in [0.15, 0.2) is 48.5 Å². The van der Waals surface area contributed by atoms with Gasteiger partial charge in [0.25, 0.3) is 17.7 Å². The van der Waals surface area contributed by atoms with E-state index in [9.17, 15) is 29.1 Å². The Morgan fingerprint density at radius 1 is 1.20 bits per heavy atom. The molecule has 0 radical (unpaired) electrons. The van der Waals surface area contributed by atoms with Crippen LogP contribution in [0.1, 0.15) is 28.9 Å². The summed E-state index contributed by atoms with van der Waals surface area (Å²) in [5, 5.41) is 15.7. The summed E-state index contributed by atoms with van der Waals surface area (Å²) in [5.74, 6) is 2.25. The van der Waals surface area contributed by atoms with Crippen LogP contribution in [0.4, 0.5) is 16.2 Å². The minimum atomic E-state index is -1.83. The number of aliphatic hydroxyl groups excluding tert-OH is 1. The maximum atomic E-state index is 13.2. The van der Waals surface area contributed by atoms with Gasteiger partial charge in [-0.3, -0.25) is 19.2 Å². The van der Waals surface area contributed by atoms with Gasteiger partial charge in [-0.25, -0.2) is 4.79 Å². The van der Waals surface area contributed by atoms with Crippen LogP contribution in [-0.2, 0) is 28.7 Å². The molecule has 1 aliphatic rings. The normalized spacial score (nSPS) is 16.4. The largest absolute Gasteiger partial charge is 0.468 e. The summed E-state index contributed by atoms with van der Waals surface area (Å²) in [6.07, 6.45) is -4.12. The summed E-state index contributed by atoms with van der Waals surface area (Å²) in [6.45, 7) is 1.62. The van der Waals surface area contributed by atoms with Crippen molar-refractivity contribution in [3.05, 3.63) is 59.7 Å². The first-order valence-corrected chi connectivity index (χ1v) is 12.2. The summed E-state index contributed by atoms with van der Waals surface area (Å²) < 4.78 is 10.0. The van der Waals surface area contributed by atoms with E-state index < -0.39 is 48.0 Å². The molecule has 1 aliphatic heterocycles. The highest BCUT2D eigenvalue weighted by molar-refractivity contribution is 6.04. The smallest absolute Gasteiger partial charge is 0.426 e. The zero-order valence-corrected chi connectivity index (χ0v) is 22.2. The number of nitrogens with zero attached hydrogens (tertiary/aromatic N) is 2. The molecular formula is C26H31N5O9. The molecule has 3 unspecified atom stereocenters. The van der Waals surface area contributed by atoms with Gasteiger partial charge in [0.15, 0.2) is 12.2 Å². The summed E-state index contributed by atoms with van der Waals surface area (Å²) in [6, 6.07) is 12.2. The molecule has 5 N–H and O–H groups in total. The lowest BCUT2D eigenvalue weighted by molar-refractivity contribution is -0.150. The number of nitrogens with one attached hydrogen (secondary N) is 2. The van der Waals surface area contributed by atoms with E-state index >= 15 is 0 Å². The first kappa shape index (κ1) is 30.0. The molecule has 0 aromatic heterocycles. The van der Waals surface area contributed by atoms with Gasteiger partial charge in [-0.1, -0.05) is 18.2 Å². The van der Waals surface area contributed by atoms with Crippen LogP contribution in [0, 0.1) is 0 Å². The molecule has 14 nitrogen and oxygen atoms in total. The molecule has 40 heavy (non-hydrogen) atoms. The van der Waals surface area contributed by atoms with Crippen molar-refractivity contribution in [1.82, 2.24) is 10.2 Å². The van der Waals surface area contributed by atoms with E-state index in [0.717, 1.165) is 0 Å². The lowest BCUT2D eigenvalue weighted by Crippen LogP contribution is -2.55. The van der Waals surface area contributed by atoms with Gasteiger partial charge < -0.3 is 39.9 Å². The Bertz CT molecular complexity index is 1250. The molecule has 0 aliphatic carbocycles.